The quantitative estimate of drug-likeness (QED) is 0.723. The Morgan fingerprint density at radius 2 is 2.00 bits per heavy atom. The maximum absolute atomic E-state index is 11.9. The van der Waals surface area contributed by atoms with Gasteiger partial charge in [0, 0.05) is 6.54 Å². The second-order valence-corrected chi connectivity index (χ2v) is 4.07. The van der Waals surface area contributed by atoms with Crippen LogP contribution >= 0.6 is 0 Å². The van der Waals surface area contributed by atoms with E-state index < -0.39 is 12.1 Å². The summed E-state index contributed by atoms with van der Waals surface area (Å²) < 4.78 is 5.04. The van der Waals surface area contributed by atoms with Crippen molar-refractivity contribution < 1.29 is 14.6 Å². The molecule has 4 heteroatoms. The highest BCUT2D eigenvalue weighted by molar-refractivity contribution is 5.77. The SMILES string of the molecule is CCOC(=O)C(NCC(O)CC)c1ccccc1. The second kappa shape index (κ2) is 7.84. The third kappa shape index (κ3) is 4.47. The van der Waals surface area contributed by atoms with Crippen LogP contribution in [0, 0.1) is 0 Å². The highest BCUT2D eigenvalue weighted by atomic mass is 16.5. The Labute approximate surface area is 108 Å². The van der Waals surface area contributed by atoms with Crippen molar-refractivity contribution >= 4 is 5.97 Å². The number of ether oxygens (including phenoxy) is 1. The van der Waals surface area contributed by atoms with E-state index >= 15 is 0 Å². The first-order valence-corrected chi connectivity index (χ1v) is 6.32. The number of nitrogens with one attached hydrogen (secondary N) is 1. The summed E-state index contributed by atoms with van der Waals surface area (Å²) in [4.78, 5) is 11.9. The molecule has 0 aliphatic heterocycles. The first kappa shape index (κ1) is 14.7. The van der Waals surface area contributed by atoms with E-state index in [4.69, 9.17) is 4.74 Å². The zero-order chi connectivity index (χ0) is 13.4. The first-order chi connectivity index (χ1) is 8.69. The molecule has 2 N–H and O–H groups in total. The number of rotatable bonds is 7. The van der Waals surface area contributed by atoms with Gasteiger partial charge < -0.3 is 9.84 Å². The summed E-state index contributed by atoms with van der Waals surface area (Å²) in [6.07, 6.45) is 0.197. The minimum atomic E-state index is -0.521. The Morgan fingerprint density at radius 3 is 2.56 bits per heavy atom. The third-order valence-electron chi connectivity index (χ3n) is 2.68. The molecule has 1 rings (SSSR count). The minimum Gasteiger partial charge on any atom is -0.465 e. The number of hydrogen-bond acceptors (Lipinski definition) is 4. The van der Waals surface area contributed by atoms with Gasteiger partial charge in [0.1, 0.15) is 6.04 Å². The molecular weight excluding hydrogens is 230 g/mol. The number of aliphatic hydroxyl groups is 1. The Balaban J connectivity index is 2.72. The fraction of sp³-hybridized carbons (Fsp3) is 0.500. The molecule has 0 amide bonds. The number of benzene rings is 1. The molecule has 0 radical (unpaired) electrons. The molecule has 0 aliphatic rings. The van der Waals surface area contributed by atoms with Gasteiger partial charge in [0.05, 0.1) is 12.7 Å². The van der Waals surface area contributed by atoms with E-state index in [2.05, 4.69) is 5.32 Å². The molecule has 2 atom stereocenters. The standard InChI is InChI=1S/C14H21NO3/c1-3-12(16)10-15-13(14(17)18-4-2)11-8-6-5-7-9-11/h5-9,12-13,15-16H,3-4,10H2,1-2H3. The average Bonchev–Trinajstić information content (AvgIpc) is 2.40. The summed E-state index contributed by atoms with van der Waals surface area (Å²) in [6.45, 7) is 4.39. The van der Waals surface area contributed by atoms with Gasteiger partial charge in [-0.25, -0.2) is 4.79 Å². The molecule has 100 valence electrons. The number of esters is 1. The number of carbonyl (C=O) groups excluding carboxylic acids is 1. The molecule has 0 saturated carbocycles. The molecule has 1 aromatic rings. The van der Waals surface area contributed by atoms with Gasteiger partial charge in [0.2, 0.25) is 0 Å². The number of aliphatic hydroxyl groups excluding tert-OH is 1. The lowest BCUT2D eigenvalue weighted by molar-refractivity contribution is -0.146. The Kier molecular flexibility index (Phi) is 6.39. The molecule has 0 bridgehead atoms. The van der Waals surface area contributed by atoms with E-state index in [-0.39, 0.29) is 5.97 Å². The maximum atomic E-state index is 11.9. The summed E-state index contributed by atoms with van der Waals surface area (Å²) >= 11 is 0. The molecular formula is C14H21NO3. The lowest BCUT2D eigenvalue weighted by atomic mass is 10.1. The summed E-state index contributed by atoms with van der Waals surface area (Å²) in [7, 11) is 0. The molecule has 0 aromatic heterocycles. The lowest BCUT2D eigenvalue weighted by Gasteiger charge is -2.19. The average molecular weight is 251 g/mol. The lowest BCUT2D eigenvalue weighted by Crippen LogP contribution is -2.35. The maximum Gasteiger partial charge on any atom is 0.327 e. The monoisotopic (exact) mass is 251 g/mol. The predicted molar refractivity (Wildman–Crippen MR) is 70.1 cm³/mol. The van der Waals surface area contributed by atoms with Gasteiger partial charge in [-0.05, 0) is 18.9 Å². The zero-order valence-electron chi connectivity index (χ0n) is 10.9. The van der Waals surface area contributed by atoms with E-state index in [1.54, 1.807) is 6.92 Å². The summed E-state index contributed by atoms with van der Waals surface area (Å²) in [5.41, 5.74) is 0.847. The smallest absolute Gasteiger partial charge is 0.327 e. The van der Waals surface area contributed by atoms with Gasteiger partial charge in [-0.15, -0.1) is 0 Å². The van der Waals surface area contributed by atoms with Crippen LogP contribution in [0.2, 0.25) is 0 Å². The van der Waals surface area contributed by atoms with E-state index in [9.17, 15) is 9.90 Å². The predicted octanol–water partition coefficient (Wildman–Crippen LogP) is 1.65. The normalized spacial score (nSPS) is 13.9. The third-order valence-corrected chi connectivity index (χ3v) is 2.68. The summed E-state index contributed by atoms with van der Waals surface area (Å²) in [5, 5.41) is 12.6. The molecule has 0 fully saturated rings. The molecule has 2 unspecified atom stereocenters. The van der Waals surface area contributed by atoms with Crippen LogP contribution in [-0.4, -0.2) is 30.3 Å². The molecule has 4 nitrogen and oxygen atoms in total. The van der Waals surface area contributed by atoms with Gasteiger partial charge >= 0.3 is 5.97 Å². The van der Waals surface area contributed by atoms with E-state index in [1.165, 1.54) is 0 Å². The van der Waals surface area contributed by atoms with Crippen molar-refractivity contribution in [3.63, 3.8) is 0 Å². The van der Waals surface area contributed by atoms with Crippen molar-refractivity contribution in [1.82, 2.24) is 5.32 Å². The molecule has 0 aliphatic carbocycles. The molecule has 0 saturated heterocycles. The molecule has 0 heterocycles. The van der Waals surface area contributed by atoms with Gasteiger partial charge in [-0.3, -0.25) is 5.32 Å². The Hall–Kier alpha value is -1.39. The topological polar surface area (TPSA) is 58.6 Å². The molecule has 1 aromatic carbocycles. The van der Waals surface area contributed by atoms with Gasteiger partial charge in [-0.2, -0.15) is 0 Å². The number of hydrogen-bond donors (Lipinski definition) is 2. The highest BCUT2D eigenvalue weighted by Gasteiger charge is 2.21. The van der Waals surface area contributed by atoms with Gasteiger partial charge in [0.15, 0.2) is 0 Å². The largest absolute Gasteiger partial charge is 0.465 e. The Morgan fingerprint density at radius 1 is 1.33 bits per heavy atom. The Bertz CT molecular complexity index is 353. The fourth-order valence-electron chi connectivity index (χ4n) is 1.61. The second-order valence-electron chi connectivity index (χ2n) is 4.07. The highest BCUT2D eigenvalue weighted by Crippen LogP contribution is 2.14. The van der Waals surface area contributed by atoms with E-state index in [0.717, 1.165) is 5.56 Å². The fourth-order valence-corrected chi connectivity index (χ4v) is 1.61. The number of carbonyl (C=O) groups is 1. The zero-order valence-corrected chi connectivity index (χ0v) is 10.9. The van der Waals surface area contributed by atoms with Gasteiger partial charge in [0.25, 0.3) is 0 Å². The van der Waals surface area contributed by atoms with Crippen molar-refractivity contribution in [2.75, 3.05) is 13.2 Å². The van der Waals surface area contributed by atoms with Crippen LogP contribution < -0.4 is 5.32 Å². The van der Waals surface area contributed by atoms with E-state index in [0.29, 0.717) is 19.6 Å². The molecule has 18 heavy (non-hydrogen) atoms. The summed E-state index contributed by atoms with van der Waals surface area (Å²) in [5.74, 6) is -0.313. The summed E-state index contributed by atoms with van der Waals surface area (Å²) in [6, 6.07) is 8.86. The van der Waals surface area contributed by atoms with Crippen molar-refractivity contribution in [3.05, 3.63) is 35.9 Å². The van der Waals surface area contributed by atoms with Crippen LogP contribution in [0.3, 0.4) is 0 Å². The van der Waals surface area contributed by atoms with E-state index in [1.807, 2.05) is 37.3 Å². The van der Waals surface area contributed by atoms with Crippen molar-refractivity contribution in [2.24, 2.45) is 0 Å². The first-order valence-electron chi connectivity index (χ1n) is 6.32. The van der Waals surface area contributed by atoms with Crippen LogP contribution in [0.4, 0.5) is 0 Å². The molecule has 0 spiro atoms. The van der Waals surface area contributed by atoms with Crippen LogP contribution in [0.25, 0.3) is 0 Å². The van der Waals surface area contributed by atoms with Crippen LogP contribution in [-0.2, 0) is 9.53 Å². The minimum absolute atomic E-state index is 0.313. The van der Waals surface area contributed by atoms with Crippen LogP contribution in [0.1, 0.15) is 31.9 Å². The van der Waals surface area contributed by atoms with Gasteiger partial charge in [-0.1, -0.05) is 37.3 Å². The van der Waals surface area contributed by atoms with Crippen LogP contribution in [0.5, 0.6) is 0 Å². The van der Waals surface area contributed by atoms with Crippen molar-refractivity contribution in [1.29, 1.82) is 0 Å². The van der Waals surface area contributed by atoms with Crippen LogP contribution in [0.15, 0.2) is 30.3 Å². The van der Waals surface area contributed by atoms with Crippen molar-refractivity contribution in [3.8, 4) is 0 Å². The van der Waals surface area contributed by atoms with Crippen molar-refractivity contribution in [2.45, 2.75) is 32.4 Å².